The molecule has 0 atom stereocenters. The summed E-state index contributed by atoms with van der Waals surface area (Å²) in [5.74, 6) is 0. The fraction of sp³-hybridized carbons (Fsp3) is 1.00. The van der Waals surface area contributed by atoms with Gasteiger partial charge in [0.2, 0.25) is 0 Å². The molecule has 0 heterocycles. The molecule has 0 aliphatic heterocycles. The first-order valence-corrected chi connectivity index (χ1v) is 6.25. The van der Waals surface area contributed by atoms with Crippen LogP contribution in [0.4, 0.5) is 0 Å². The third-order valence-corrected chi connectivity index (χ3v) is 5.26. The zero-order valence-electron chi connectivity index (χ0n) is 9.35. The zero-order valence-corrected chi connectivity index (χ0v) is 11.4. The number of nitrogens with one attached hydrogen (secondary N) is 2. The van der Waals surface area contributed by atoms with Crippen LogP contribution >= 0.6 is 0 Å². The Morgan fingerprint density at radius 2 is 1.69 bits per heavy atom. The van der Waals surface area contributed by atoms with Gasteiger partial charge in [-0.3, -0.25) is 15.5 Å². The van der Waals surface area contributed by atoms with Gasteiger partial charge < -0.3 is 0 Å². The predicted octanol–water partition coefficient (Wildman–Crippen LogP) is -0.724. The van der Waals surface area contributed by atoms with Crippen molar-refractivity contribution in [1.82, 2.24) is 15.5 Å². The van der Waals surface area contributed by atoms with E-state index >= 15 is 0 Å². The largest absolute Gasteiger partial charge is 0.294 e. The number of rotatable bonds is 4. The van der Waals surface area contributed by atoms with Gasteiger partial charge in [0.05, 0.1) is 15.7 Å². The topological polar surface area (TPSA) is 27.3 Å². The first-order valence-electron chi connectivity index (χ1n) is 5.25. The second kappa shape index (κ2) is 4.55. The highest BCUT2D eigenvalue weighted by Crippen LogP contribution is 2.24. The monoisotopic (exact) mass is 201 g/mol. The molecule has 1 rings (SSSR count). The van der Waals surface area contributed by atoms with Crippen LogP contribution < -0.4 is 10.6 Å². The van der Waals surface area contributed by atoms with Crippen molar-refractivity contribution in [3.63, 3.8) is 0 Å². The van der Waals surface area contributed by atoms with E-state index in [1.165, 1.54) is 25.7 Å². The van der Waals surface area contributed by atoms with E-state index in [9.17, 15) is 0 Å². The van der Waals surface area contributed by atoms with Crippen molar-refractivity contribution in [2.45, 2.75) is 37.1 Å². The molecule has 1 aliphatic rings. The maximum atomic E-state index is 3.38. The molecule has 0 aromatic heterocycles. The Morgan fingerprint density at radius 1 is 1.23 bits per heavy atom. The van der Waals surface area contributed by atoms with Crippen LogP contribution in [-0.4, -0.2) is 47.7 Å². The molecule has 0 aromatic carbocycles. The normalized spacial score (nSPS) is 20.3. The van der Waals surface area contributed by atoms with Crippen molar-refractivity contribution < 1.29 is 0 Å². The third kappa shape index (κ3) is 2.31. The first kappa shape index (κ1) is 11.2. The van der Waals surface area contributed by atoms with Crippen LogP contribution in [0.2, 0.25) is 0 Å². The average Bonchev–Trinajstić information content (AvgIpc) is 2.68. The number of hydrogen-bond acceptors (Lipinski definition) is 3. The van der Waals surface area contributed by atoms with E-state index in [4.69, 9.17) is 0 Å². The molecule has 1 saturated carbocycles. The Hall–Kier alpha value is 0.0969. The van der Waals surface area contributed by atoms with Gasteiger partial charge in [0, 0.05) is 6.04 Å². The Kier molecular flexibility index (Phi) is 3.91. The van der Waals surface area contributed by atoms with Crippen molar-refractivity contribution in [2.24, 2.45) is 0 Å². The molecule has 0 saturated heterocycles. The van der Waals surface area contributed by atoms with Gasteiger partial charge in [-0.2, -0.15) is 0 Å². The molecule has 1 aliphatic carbocycles. The fourth-order valence-electron chi connectivity index (χ4n) is 2.13. The molecule has 1 fully saturated rings. The second-order valence-electron chi connectivity index (χ2n) is 4.12. The lowest BCUT2D eigenvalue weighted by Gasteiger charge is -2.42. The van der Waals surface area contributed by atoms with Crippen LogP contribution in [0.25, 0.3) is 0 Å². The molecule has 4 heteroatoms. The van der Waals surface area contributed by atoms with Crippen LogP contribution in [0, 0.1) is 0 Å². The summed E-state index contributed by atoms with van der Waals surface area (Å²) in [6.07, 6.45) is 5.54. The van der Waals surface area contributed by atoms with Crippen molar-refractivity contribution in [3.8, 4) is 0 Å². The van der Waals surface area contributed by atoms with Gasteiger partial charge in [-0.15, -0.1) is 0 Å². The van der Waals surface area contributed by atoms with Crippen LogP contribution in [-0.2, 0) is 0 Å². The molecule has 0 spiro atoms. The van der Waals surface area contributed by atoms with Crippen molar-refractivity contribution in [3.05, 3.63) is 0 Å². The molecule has 0 aromatic rings. The minimum Gasteiger partial charge on any atom is -0.294 e. The van der Waals surface area contributed by atoms with Gasteiger partial charge in [-0.1, -0.05) is 12.8 Å². The predicted molar refractivity (Wildman–Crippen MR) is 60.8 cm³/mol. The number of hydrogen-bond donors (Lipinski definition) is 2. The molecular weight excluding hydrogens is 178 g/mol. The third-order valence-electron chi connectivity index (χ3n) is 3.55. The molecule has 3 nitrogen and oxygen atoms in total. The van der Waals surface area contributed by atoms with Gasteiger partial charge in [0.15, 0.2) is 0 Å². The molecule has 0 unspecified atom stereocenters. The van der Waals surface area contributed by atoms with E-state index in [2.05, 4.69) is 22.6 Å². The summed E-state index contributed by atoms with van der Waals surface area (Å²) in [4.78, 5) is 2.48. The molecule has 13 heavy (non-hydrogen) atoms. The van der Waals surface area contributed by atoms with E-state index < -0.39 is 0 Å². The molecule has 0 radical (unpaired) electrons. The summed E-state index contributed by atoms with van der Waals surface area (Å²) in [5.41, 5.74) is 0.0784. The van der Waals surface area contributed by atoms with Gasteiger partial charge in [0.25, 0.3) is 0 Å². The van der Waals surface area contributed by atoms with Crippen LogP contribution in [0.5, 0.6) is 0 Å². The fourth-order valence-corrected chi connectivity index (χ4v) is 2.50. The summed E-state index contributed by atoms with van der Waals surface area (Å²) >= 11 is 0. The second-order valence-corrected chi connectivity index (χ2v) is 5.57. The standard InChI is InChI=1S/C9H23N3Si/c1-10-9(13,11-2)12(3)8-6-4-5-7-8/h8,10-11H,4-7H2,1-3,13H3. The minimum atomic E-state index is 0.0784. The van der Waals surface area contributed by atoms with Gasteiger partial charge in [-0.25, -0.2) is 0 Å². The van der Waals surface area contributed by atoms with E-state index in [0.717, 1.165) is 16.3 Å². The van der Waals surface area contributed by atoms with Crippen LogP contribution in [0.3, 0.4) is 0 Å². The quantitative estimate of drug-likeness (QED) is 0.464. The highest BCUT2D eigenvalue weighted by molar-refractivity contribution is 6.14. The molecule has 0 bridgehead atoms. The zero-order chi connectivity index (χ0) is 9.90. The summed E-state index contributed by atoms with van der Waals surface area (Å²) < 4.78 is 0. The van der Waals surface area contributed by atoms with Crippen molar-refractivity contribution in [2.75, 3.05) is 21.1 Å². The van der Waals surface area contributed by atoms with Gasteiger partial charge in [0.1, 0.15) is 0 Å². The molecule has 2 N–H and O–H groups in total. The van der Waals surface area contributed by atoms with Crippen LogP contribution in [0.15, 0.2) is 0 Å². The lowest BCUT2D eigenvalue weighted by molar-refractivity contribution is 0.0953. The van der Waals surface area contributed by atoms with Crippen molar-refractivity contribution >= 4 is 10.2 Å². The Bertz CT molecular complexity index is 153. The summed E-state index contributed by atoms with van der Waals surface area (Å²) in [5, 5.41) is 6.76. The highest BCUT2D eigenvalue weighted by Gasteiger charge is 2.31. The molecular formula is C9H23N3Si. The Balaban J connectivity index is 2.57. The first-order chi connectivity index (χ1) is 6.14. The van der Waals surface area contributed by atoms with Gasteiger partial charge in [-0.05, 0) is 34.0 Å². The van der Waals surface area contributed by atoms with E-state index in [-0.39, 0.29) is 5.41 Å². The van der Waals surface area contributed by atoms with E-state index in [1.807, 2.05) is 14.1 Å². The molecule has 78 valence electrons. The number of nitrogens with zero attached hydrogens (tertiary/aromatic N) is 1. The summed E-state index contributed by atoms with van der Waals surface area (Å²) in [6, 6.07) is 0.775. The van der Waals surface area contributed by atoms with Crippen LogP contribution in [0.1, 0.15) is 25.7 Å². The highest BCUT2D eigenvalue weighted by atomic mass is 28.1. The smallest absolute Gasteiger partial charge is 0.0991 e. The Morgan fingerprint density at radius 3 is 2.08 bits per heavy atom. The van der Waals surface area contributed by atoms with Gasteiger partial charge >= 0.3 is 0 Å². The minimum absolute atomic E-state index is 0.0784. The maximum Gasteiger partial charge on any atom is 0.0991 e. The molecule has 0 amide bonds. The maximum absolute atomic E-state index is 3.38. The van der Waals surface area contributed by atoms with Crippen molar-refractivity contribution in [1.29, 1.82) is 0 Å². The van der Waals surface area contributed by atoms with E-state index in [0.29, 0.717) is 0 Å². The lowest BCUT2D eigenvalue weighted by Crippen LogP contribution is -2.67. The summed E-state index contributed by atoms with van der Waals surface area (Å²) in [6.45, 7) is 0. The average molecular weight is 201 g/mol. The Labute approximate surface area is 84.7 Å². The lowest BCUT2D eigenvalue weighted by atomic mass is 10.2. The van der Waals surface area contributed by atoms with E-state index in [1.54, 1.807) is 0 Å². The SMILES string of the molecule is CNC([SiH3])(NC)N(C)C1CCCC1. The summed E-state index contributed by atoms with van der Waals surface area (Å²) in [7, 11) is 7.40.